The molecule has 0 bridgehead atoms. The summed E-state index contributed by atoms with van der Waals surface area (Å²) in [6.07, 6.45) is 0. The molecule has 0 aliphatic rings. The van der Waals surface area contributed by atoms with Gasteiger partial charge in [-0.2, -0.15) is 0 Å². The third kappa shape index (κ3) is 3.87. The average molecular weight is 428 g/mol. The predicted molar refractivity (Wildman–Crippen MR) is 95.0 cm³/mol. The lowest BCUT2D eigenvalue weighted by Crippen LogP contribution is -2.16. The van der Waals surface area contributed by atoms with Crippen LogP contribution in [0, 0.1) is 0 Å². The van der Waals surface area contributed by atoms with Gasteiger partial charge in [-0.15, -0.1) is 0 Å². The molecule has 1 aromatic carbocycles. The first-order valence-electron chi connectivity index (χ1n) is 6.15. The molecule has 0 unspecified atom stereocenters. The molecule has 2 aromatic rings. The fraction of sp³-hybridized carbons (Fsp3) is 0.0714. The Morgan fingerprint density at radius 2 is 1.71 bits per heavy atom. The molecule has 126 valence electrons. The van der Waals surface area contributed by atoms with Crippen LogP contribution in [0.2, 0.25) is 25.2 Å². The molecule has 24 heavy (non-hydrogen) atoms. The van der Waals surface area contributed by atoms with E-state index in [1.165, 1.54) is 25.3 Å². The normalized spacial score (nSPS) is 10.4. The van der Waals surface area contributed by atoms with Gasteiger partial charge in [-0.1, -0.05) is 58.0 Å². The van der Waals surface area contributed by atoms with E-state index >= 15 is 0 Å². The summed E-state index contributed by atoms with van der Waals surface area (Å²) in [6.45, 7) is 0. The van der Waals surface area contributed by atoms with Crippen molar-refractivity contribution in [2.45, 2.75) is 0 Å². The average Bonchev–Trinajstić information content (AvgIpc) is 2.57. The number of rotatable bonds is 3. The van der Waals surface area contributed by atoms with Crippen LogP contribution in [0.5, 0.6) is 0 Å². The van der Waals surface area contributed by atoms with Crippen LogP contribution in [0.1, 0.15) is 20.8 Å². The van der Waals surface area contributed by atoms with E-state index < -0.39 is 11.9 Å². The minimum Gasteiger partial charge on any atom is -0.465 e. The van der Waals surface area contributed by atoms with Gasteiger partial charge >= 0.3 is 5.97 Å². The number of carbonyl (C=O) groups is 2. The second kappa shape index (κ2) is 7.76. The molecule has 0 saturated carbocycles. The third-order valence-electron chi connectivity index (χ3n) is 2.84. The first-order chi connectivity index (χ1) is 11.3. The summed E-state index contributed by atoms with van der Waals surface area (Å²) in [5.41, 5.74) is 0.114. The molecule has 0 aliphatic carbocycles. The number of benzene rings is 1. The minimum absolute atomic E-state index is 0.0643. The van der Waals surface area contributed by atoms with E-state index in [-0.39, 0.29) is 42.2 Å². The molecule has 1 N–H and O–H groups in total. The van der Waals surface area contributed by atoms with E-state index in [0.717, 1.165) is 0 Å². The van der Waals surface area contributed by atoms with Gasteiger partial charge in [-0.05, 0) is 18.2 Å². The van der Waals surface area contributed by atoms with Gasteiger partial charge in [0.2, 0.25) is 0 Å². The topological polar surface area (TPSA) is 68.3 Å². The first kappa shape index (κ1) is 19.1. The third-order valence-corrected chi connectivity index (χ3v) is 4.84. The largest absolute Gasteiger partial charge is 0.465 e. The number of nitrogens with zero attached hydrogens (tertiary/aromatic N) is 1. The highest BCUT2D eigenvalue weighted by Gasteiger charge is 2.21. The smallest absolute Gasteiger partial charge is 0.337 e. The number of hydrogen-bond donors (Lipinski definition) is 1. The van der Waals surface area contributed by atoms with Gasteiger partial charge in [-0.3, -0.25) is 4.79 Å². The van der Waals surface area contributed by atoms with Gasteiger partial charge in [0.15, 0.2) is 0 Å². The zero-order valence-electron chi connectivity index (χ0n) is 11.8. The number of halogens is 5. The number of anilines is 1. The molecule has 0 atom stereocenters. The number of nitrogens with one attached hydrogen (secondary N) is 1. The summed E-state index contributed by atoms with van der Waals surface area (Å²) in [5, 5.41) is 2.17. The molecule has 1 heterocycles. The summed E-state index contributed by atoms with van der Waals surface area (Å²) in [7, 11) is 1.23. The van der Waals surface area contributed by atoms with Gasteiger partial charge in [0, 0.05) is 0 Å². The Balaban J connectivity index is 2.39. The number of hydrogen-bond acceptors (Lipinski definition) is 4. The van der Waals surface area contributed by atoms with E-state index in [1.54, 1.807) is 0 Å². The zero-order valence-corrected chi connectivity index (χ0v) is 15.6. The van der Waals surface area contributed by atoms with Crippen molar-refractivity contribution in [2.75, 3.05) is 12.4 Å². The lowest BCUT2D eigenvalue weighted by molar-refractivity contribution is 0.0600. The van der Waals surface area contributed by atoms with Crippen molar-refractivity contribution < 1.29 is 14.3 Å². The second-order valence-corrected chi connectivity index (χ2v) is 6.23. The van der Waals surface area contributed by atoms with Gasteiger partial charge in [0.1, 0.15) is 10.8 Å². The van der Waals surface area contributed by atoms with Crippen LogP contribution in [0.4, 0.5) is 5.69 Å². The number of pyridine rings is 1. The molecule has 0 radical (unpaired) electrons. The van der Waals surface area contributed by atoms with Crippen LogP contribution in [0.3, 0.4) is 0 Å². The van der Waals surface area contributed by atoms with E-state index in [2.05, 4.69) is 15.0 Å². The summed E-state index contributed by atoms with van der Waals surface area (Å²) in [5.74, 6) is -1.32. The number of aromatic nitrogens is 1. The van der Waals surface area contributed by atoms with Crippen LogP contribution in [-0.2, 0) is 4.74 Å². The Labute approximate surface area is 161 Å². The monoisotopic (exact) mass is 426 g/mol. The van der Waals surface area contributed by atoms with Gasteiger partial charge in [-0.25, -0.2) is 9.78 Å². The highest BCUT2D eigenvalue weighted by Crippen LogP contribution is 2.36. The van der Waals surface area contributed by atoms with Gasteiger partial charge in [0.25, 0.3) is 5.91 Å². The van der Waals surface area contributed by atoms with Crippen molar-refractivity contribution in [1.82, 2.24) is 4.98 Å². The standard InChI is InChI=1S/C14H7Cl5N2O3/c1-24-14(23)5-2-3-6(15)7(4-5)20-13(22)11-9(17)8(16)10(18)12(19)21-11/h2-4H,1H3,(H,20,22). The van der Waals surface area contributed by atoms with Crippen molar-refractivity contribution in [1.29, 1.82) is 0 Å². The highest BCUT2D eigenvalue weighted by molar-refractivity contribution is 6.52. The summed E-state index contributed by atoms with van der Waals surface area (Å²) in [6, 6.07) is 4.23. The Hall–Kier alpha value is -1.24. The lowest BCUT2D eigenvalue weighted by Gasteiger charge is -2.11. The number of esters is 1. The van der Waals surface area contributed by atoms with Crippen LogP contribution >= 0.6 is 58.0 Å². The first-order valence-corrected chi connectivity index (χ1v) is 8.04. The summed E-state index contributed by atoms with van der Waals surface area (Å²) < 4.78 is 4.61. The van der Waals surface area contributed by atoms with Gasteiger partial charge < -0.3 is 10.1 Å². The molecule has 1 aromatic heterocycles. The molecule has 10 heteroatoms. The van der Waals surface area contributed by atoms with Crippen LogP contribution in [0.25, 0.3) is 0 Å². The maximum atomic E-state index is 12.4. The second-order valence-electron chi connectivity index (χ2n) is 4.33. The van der Waals surface area contributed by atoms with Crippen LogP contribution in [-0.4, -0.2) is 24.0 Å². The SMILES string of the molecule is COC(=O)c1ccc(Cl)c(NC(=O)c2nc(Cl)c(Cl)c(Cl)c2Cl)c1. The number of carbonyl (C=O) groups excluding carboxylic acids is 2. The zero-order chi connectivity index (χ0) is 18.0. The number of ether oxygens (including phenoxy) is 1. The fourth-order valence-electron chi connectivity index (χ4n) is 1.69. The van der Waals surface area contributed by atoms with Gasteiger partial charge in [0.05, 0.1) is 38.5 Å². The predicted octanol–water partition coefficient (Wildman–Crippen LogP) is 5.39. The molecular formula is C14H7Cl5N2O3. The van der Waals surface area contributed by atoms with E-state index in [1.807, 2.05) is 0 Å². The van der Waals surface area contributed by atoms with Crippen molar-refractivity contribution in [3.63, 3.8) is 0 Å². The number of amides is 1. The molecule has 0 fully saturated rings. The maximum absolute atomic E-state index is 12.4. The van der Waals surface area contributed by atoms with E-state index in [4.69, 9.17) is 58.0 Å². The van der Waals surface area contributed by atoms with Crippen molar-refractivity contribution in [3.05, 3.63) is 54.7 Å². The van der Waals surface area contributed by atoms with Crippen molar-refractivity contribution in [2.24, 2.45) is 0 Å². The van der Waals surface area contributed by atoms with Crippen LogP contribution < -0.4 is 5.32 Å². The molecule has 2 rings (SSSR count). The summed E-state index contributed by atoms with van der Waals surface area (Å²) >= 11 is 29.5. The van der Waals surface area contributed by atoms with Crippen molar-refractivity contribution >= 4 is 75.6 Å². The quantitative estimate of drug-likeness (QED) is 0.526. The summed E-state index contributed by atoms with van der Waals surface area (Å²) in [4.78, 5) is 27.7. The molecule has 1 amide bonds. The van der Waals surface area contributed by atoms with E-state index in [0.29, 0.717) is 0 Å². The molecular weight excluding hydrogens is 421 g/mol. The number of methoxy groups -OCH3 is 1. The molecule has 0 aliphatic heterocycles. The van der Waals surface area contributed by atoms with E-state index in [9.17, 15) is 9.59 Å². The Bertz CT molecular complexity index is 842. The maximum Gasteiger partial charge on any atom is 0.337 e. The molecule has 0 spiro atoms. The fourth-order valence-corrected chi connectivity index (χ4v) is 2.66. The highest BCUT2D eigenvalue weighted by atomic mass is 35.5. The minimum atomic E-state index is -0.732. The van der Waals surface area contributed by atoms with Crippen molar-refractivity contribution in [3.8, 4) is 0 Å². The van der Waals surface area contributed by atoms with Crippen LogP contribution in [0.15, 0.2) is 18.2 Å². The Morgan fingerprint density at radius 1 is 1.04 bits per heavy atom. The Kier molecular flexibility index (Phi) is 6.17. The molecule has 0 saturated heterocycles. The molecule has 5 nitrogen and oxygen atoms in total. The Morgan fingerprint density at radius 3 is 2.33 bits per heavy atom. The lowest BCUT2D eigenvalue weighted by atomic mass is 10.2.